The Bertz CT molecular complexity index is 2950. The third-order valence-electron chi connectivity index (χ3n) is 15.0. The highest BCUT2D eigenvalue weighted by Crippen LogP contribution is 2.22. The quantitative estimate of drug-likeness (QED) is 0.0147. The molecule has 1 aliphatic heterocycles. The Kier molecular flexibility index (Phi) is 29.4. The van der Waals surface area contributed by atoms with E-state index in [2.05, 4.69) is 62.5 Å². The van der Waals surface area contributed by atoms with Crippen molar-refractivity contribution in [1.82, 2.24) is 62.4 Å². The number of H-pyrrole nitrogens is 2. The predicted octanol–water partition coefficient (Wildman–Crippen LogP) is -4.00. The molecule has 10 atom stereocenters. The monoisotopic (exact) mass is 1250 g/mol. The van der Waals surface area contributed by atoms with Crippen molar-refractivity contribution < 1.29 is 62.6 Å². The minimum Gasteiger partial charge on any atom is -0.480 e. The lowest BCUT2D eigenvalue weighted by Crippen LogP contribution is -2.61. The first-order valence-corrected chi connectivity index (χ1v) is 29.8. The van der Waals surface area contributed by atoms with Crippen molar-refractivity contribution in [3.8, 4) is 0 Å². The van der Waals surface area contributed by atoms with E-state index in [0.29, 0.717) is 54.3 Å². The Morgan fingerprint density at radius 3 is 1.94 bits per heavy atom. The van der Waals surface area contributed by atoms with E-state index >= 15 is 0 Å². The van der Waals surface area contributed by atoms with E-state index in [1.165, 1.54) is 17.4 Å². The standard InChI is InChI=1S/C57H89N19O13/c1-5-31(4)47(75-46(79)28-67-48(80)35(59)22-30(2)3)54(86)70-38(17-18-44(60)77)50(82)72-40(23-32-26-66-36-13-7-6-12-34(32)36)51(83)69-37(15-10-20-65-57(62)63)49(81)73-41(24-33-27-64-29-68-33)52(84)71-39(14-8-9-19-58)55(87)76-21-11-16-43(76)53(85)74-42(56(88)89)25-45(61)78/h6-7,12-13,26-27,29-31,35,37-43,47,66H,5,8-11,14-25,28,58-59H2,1-4H3,(H2,60,77)(H2,61,78)(H,64,68)(H,67,80)(H,69,83)(H,70,86)(H,71,84)(H,72,82)(H,73,81)(H,74,85)(H,75,79)(H,88,89)(H4,62,63,65)/t31-,35-,37-,38-,39-,40-,41-,42-,43-,47-/m0/s1. The molecule has 3 heterocycles. The summed E-state index contributed by atoms with van der Waals surface area (Å²) >= 11 is 0. The number of guanidine groups is 1. The van der Waals surface area contributed by atoms with Crippen molar-refractivity contribution >= 4 is 87.8 Å². The van der Waals surface area contributed by atoms with Gasteiger partial charge in [0.25, 0.3) is 0 Å². The molecule has 89 heavy (non-hydrogen) atoms. The maximum Gasteiger partial charge on any atom is 0.326 e. The number of rotatable bonds is 39. The number of para-hydroxylation sites is 1. The number of aliphatic carboxylic acids is 1. The van der Waals surface area contributed by atoms with Crippen LogP contribution in [0.15, 0.2) is 48.0 Å². The van der Waals surface area contributed by atoms with Crippen LogP contribution in [-0.2, 0) is 70.4 Å². The zero-order valence-corrected chi connectivity index (χ0v) is 50.8. The molecule has 0 saturated carbocycles. The molecule has 0 bridgehead atoms. The van der Waals surface area contributed by atoms with Crippen LogP contribution in [0.1, 0.15) is 116 Å². The number of imidazole rings is 1. The maximum atomic E-state index is 15.0. The van der Waals surface area contributed by atoms with Crippen molar-refractivity contribution in [3.63, 3.8) is 0 Å². The molecule has 3 aromatic rings. The Labute approximate surface area is 514 Å². The number of amides is 11. The topological polar surface area (TPSA) is 537 Å². The van der Waals surface area contributed by atoms with Crippen molar-refractivity contribution in [1.29, 1.82) is 0 Å². The number of fused-ring (bicyclic) bond motifs is 1. The summed E-state index contributed by atoms with van der Waals surface area (Å²) in [6, 6.07) is -5.34. The highest BCUT2D eigenvalue weighted by molar-refractivity contribution is 5.99. The van der Waals surface area contributed by atoms with Gasteiger partial charge in [-0.2, -0.15) is 0 Å². The first kappa shape index (κ1) is 72.3. The molecule has 11 amide bonds. The van der Waals surface area contributed by atoms with Crippen LogP contribution >= 0.6 is 0 Å². The molecule has 1 saturated heterocycles. The number of nitrogens with two attached hydrogens (primary N) is 6. The highest BCUT2D eigenvalue weighted by atomic mass is 16.4. The number of unbranched alkanes of at least 4 members (excludes halogenated alkanes) is 1. The molecule has 1 fully saturated rings. The summed E-state index contributed by atoms with van der Waals surface area (Å²) < 4.78 is 0. The average molecular weight is 1250 g/mol. The molecule has 0 spiro atoms. The van der Waals surface area contributed by atoms with E-state index in [-0.39, 0.29) is 76.5 Å². The van der Waals surface area contributed by atoms with Gasteiger partial charge in [0.1, 0.15) is 48.3 Å². The third kappa shape index (κ3) is 23.8. The molecular formula is C57H89N19O13. The number of carboxylic acids is 1. The molecule has 1 aromatic carbocycles. The third-order valence-corrected chi connectivity index (χ3v) is 15.0. The lowest BCUT2D eigenvalue weighted by atomic mass is 9.97. The second kappa shape index (κ2) is 36.2. The van der Waals surface area contributed by atoms with Crippen LogP contribution in [0.2, 0.25) is 0 Å². The average Bonchev–Trinajstić information content (AvgIpc) is 2.30. The molecule has 1 aliphatic rings. The van der Waals surface area contributed by atoms with E-state index in [4.69, 9.17) is 34.4 Å². The van der Waals surface area contributed by atoms with Gasteiger partial charge in [-0.3, -0.25) is 57.7 Å². The van der Waals surface area contributed by atoms with Crippen LogP contribution in [0.4, 0.5) is 0 Å². The molecule has 0 radical (unpaired) electrons. The van der Waals surface area contributed by atoms with Gasteiger partial charge in [0.15, 0.2) is 5.96 Å². The van der Waals surface area contributed by atoms with Crippen LogP contribution in [0.5, 0.6) is 0 Å². The largest absolute Gasteiger partial charge is 0.480 e. The number of benzene rings is 1. The second-order valence-electron chi connectivity index (χ2n) is 22.5. The minimum absolute atomic E-state index is 0.0153. The molecule has 0 aliphatic carbocycles. The van der Waals surface area contributed by atoms with E-state index in [1.807, 2.05) is 13.8 Å². The molecule has 23 N–H and O–H groups in total. The van der Waals surface area contributed by atoms with E-state index in [1.54, 1.807) is 44.3 Å². The lowest BCUT2D eigenvalue weighted by molar-refractivity contribution is -0.146. The Hall–Kier alpha value is -9.20. The first-order chi connectivity index (χ1) is 42.2. The smallest absolute Gasteiger partial charge is 0.326 e. The van der Waals surface area contributed by atoms with Crippen LogP contribution in [0, 0.1) is 11.8 Å². The number of carbonyl (C=O) groups excluding carboxylic acids is 11. The fourth-order valence-corrected chi connectivity index (χ4v) is 10.00. The zero-order valence-electron chi connectivity index (χ0n) is 50.8. The van der Waals surface area contributed by atoms with Crippen LogP contribution < -0.4 is 76.9 Å². The number of aliphatic imine (C=N–C) groups is 1. The summed E-state index contributed by atoms with van der Waals surface area (Å²) in [6.07, 6.45) is 4.21. The van der Waals surface area contributed by atoms with Gasteiger partial charge in [-0.25, -0.2) is 9.78 Å². The van der Waals surface area contributed by atoms with E-state index in [0.717, 1.165) is 0 Å². The van der Waals surface area contributed by atoms with Gasteiger partial charge in [-0.15, -0.1) is 0 Å². The molecule has 32 heteroatoms. The lowest BCUT2D eigenvalue weighted by Gasteiger charge is -2.31. The van der Waals surface area contributed by atoms with Gasteiger partial charge in [0.2, 0.25) is 65.0 Å². The Balaban J connectivity index is 1.69. The van der Waals surface area contributed by atoms with Crippen LogP contribution in [-0.4, -0.2) is 182 Å². The number of carbonyl (C=O) groups is 12. The van der Waals surface area contributed by atoms with Gasteiger partial charge in [0, 0.05) is 61.3 Å². The van der Waals surface area contributed by atoms with Gasteiger partial charge in [0.05, 0.1) is 25.3 Å². The first-order valence-electron chi connectivity index (χ1n) is 29.8. The van der Waals surface area contributed by atoms with Gasteiger partial charge in [-0.05, 0) is 87.8 Å². The number of primary amides is 2. The zero-order chi connectivity index (χ0) is 65.9. The highest BCUT2D eigenvalue weighted by Gasteiger charge is 2.41. The number of hydrogen-bond acceptors (Lipinski definition) is 16. The summed E-state index contributed by atoms with van der Waals surface area (Å²) in [5, 5.41) is 31.2. The minimum atomic E-state index is -1.67. The molecule has 0 unspecified atom stereocenters. The Morgan fingerprint density at radius 2 is 1.34 bits per heavy atom. The number of nitrogens with zero attached hydrogens (tertiary/aromatic N) is 3. The van der Waals surface area contributed by atoms with Crippen molar-refractivity contribution in [3.05, 3.63) is 54.2 Å². The molecule has 490 valence electrons. The molecular weight excluding hydrogens is 1160 g/mol. The second-order valence-corrected chi connectivity index (χ2v) is 22.5. The number of aromatic amines is 2. The van der Waals surface area contributed by atoms with Crippen molar-refractivity contribution in [2.24, 2.45) is 51.2 Å². The molecule has 4 rings (SSSR count). The van der Waals surface area contributed by atoms with Gasteiger partial charge < -0.3 is 96.9 Å². The van der Waals surface area contributed by atoms with Gasteiger partial charge in [-0.1, -0.05) is 52.3 Å². The summed E-state index contributed by atoms with van der Waals surface area (Å²) in [4.78, 5) is 178. The summed E-state index contributed by atoms with van der Waals surface area (Å²) in [6.45, 7) is 6.93. The number of nitrogens with one attached hydrogen (secondary N) is 10. The SMILES string of the molecule is CC[C@H](C)[C@H](NC(=O)CNC(=O)[C@@H](N)CC(C)C)C(=O)N[C@@H](CCC(N)=O)C(=O)N[C@@H](Cc1c[nH]c2ccccc12)C(=O)N[C@@H](CCCN=C(N)N)C(=O)N[C@@H](Cc1cnc[nH]1)C(=O)N[C@@H](CCCCN)C(=O)N1CCC[C@H]1C(=O)N[C@@H](CC(N)=O)C(=O)O. The fraction of sp³-hybridized carbons (Fsp3) is 0.579. The summed E-state index contributed by atoms with van der Waals surface area (Å²) in [5.74, 6) is -11.4. The summed E-state index contributed by atoms with van der Waals surface area (Å²) in [5.41, 5.74) is 35.3. The van der Waals surface area contributed by atoms with Crippen LogP contribution in [0.3, 0.4) is 0 Å². The van der Waals surface area contributed by atoms with Gasteiger partial charge >= 0.3 is 5.97 Å². The summed E-state index contributed by atoms with van der Waals surface area (Å²) in [7, 11) is 0. The van der Waals surface area contributed by atoms with E-state index < -0.39 is 151 Å². The molecule has 2 aromatic heterocycles. The maximum absolute atomic E-state index is 15.0. The number of hydrogen-bond donors (Lipinski definition) is 17. The van der Waals surface area contributed by atoms with Crippen LogP contribution in [0.25, 0.3) is 10.9 Å². The number of carboxylic acid groups (broad SMARTS) is 1. The van der Waals surface area contributed by atoms with Crippen molar-refractivity contribution in [2.45, 2.75) is 172 Å². The normalized spacial score (nSPS) is 15.9. The Morgan fingerprint density at radius 1 is 0.719 bits per heavy atom. The molecule has 32 nitrogen and oxygen atoms in total. The number of aromatic nitrogens is 3. The fourth-order valence-electron chi connectivity index (χ4n) is 10.00. The van der Waals surface area contributed by atoms with E-state index in [9.17, 15) is 62.6 Å². The number of likely N-dealkylation sites (tertiary alicyclic amines) is 1. The van der Waals surface area contributed by atoms with Crippen molar-refractivity contribution in [2.75, 3.05) is 26.2 Å². The predicted molar refractivity (Wildman–Crippen MR) is 325 cm³/mol.